The molecule has 2 nitrogen and oxygen atoms in total. The van der Waals surface area contributed by atoms with Crippen LogP contribution in [0.3, 0.4) is 0 Å². The molecule has 3 unspecified atom stereocenters. The molecule has 0 aromatic heterocycles. The standard InChI is InChI=1S/C17H23NO/c18-16-10-4-9-15(16)17(19)11-13-7-3-6-12-5-1-2-8-14(12)13/h1-2,5,8,13,15-16H,3-4,6-7,9-11,18H2. The zero-order valence-corrected chi connectivity index (χ0v) is 11.5. The van der Waals surface area contributed by atoms with E-state index in [1.807, 2.05) is 0 Å². The minimum absolute atomic E-state index is 0.117. The number of hydrogen-bond acceptors (Lipinski definition) is 2. The van der Waals surface area contributed by atoms with Crippen LogP contribution in [0.15, 0.2) is 24.3 Å². The summed E-state index contributed by atoms with van der Waals surface area (Å²) < 4.78 is 0. The van der Waals surface area contributed by atoms with Crippen molar-refractivity contribution in [2.24, 2.45) is 11.7 Å². The molecule has 1 saturated carbocycles. The average Bonchev–Trinajstić information content (AvgIpc) is 2.85. The predicted molar refractivity (Wildman–Crippen MR) is 77.1 cm³/mol. The number of carbonyl (C=O) groups is 1. The van der Waals surface area contributed by atoms with Crippen LogP contribution in [0.2, 0.25) is 0 Å². The highest BCUT2D eigenvalue weighted by molar-refractivity contribution is 5.83. The van der Waals surface area contributed by atoms with Crippen molar-refractivity contribution in [2.45, 2.75) is 56.9 Å². The predicted octanol–water partition coefficient (Wildman–Crippen LogP) is 3.19. The number of fused-ring (bicyclic) bond motifs is 1. The van der Waals surface area contributed by atoms with E-state index in [-0.39, 0.29) is 12.0 Å². The maximum Gasteiger partial charge on any atom is 0.138 e. The van der Waals surface area contributed by atoms with Gasteiger partial charge in [0.2, 0.25) is 0 Å². The van der Waals surface area contributed by atoms with Gasteiger partial charge in [0.15, 0.2) is 0 Å². The van der Waals surface area contributed by atoms with Gasteiger partial charge in [-0.15, -0.1) is 0 Å². The Labute approximate surface area is 115 Å². The molecule has 3 atom stereocenters. The summed E-state index contributed by atoms with van der Waals surface area (Å²) in [4.78, 5) is 12.5. The van der Waals surface area contributed by atoms with Crippen LogP contribution >= 0.6 is 0 Å². The van der Waals surface area contributed by atoms with E-state index in [9.17, 15) is 4.79 Å². The van der Waals surface area contributed by atoms with Crippen molar-refractivity contribution in [3.63, 3.8) is 0 Å². The van der Waals surface area contributed by atoms with Gasteiger partial charge in [-0.25, -0.2) is 0 Å². The van der Waals surface area contributed by atoms with Gasteiger partial charge in [-0.2, -0.15) is 0 Å². The Bertz CT molecular complexity index is 468. The van der Waals surface area contributed by atoms with Gasteiger partial charge >= 0.3 is 0 Å². The van der Waals surface area contributed by atoms with Gasteiger partial charge in [0.25, 0.3) is 0 Å². The first-order valence-electron chi connectivity index (χ1n) is 7.62. The lowest BCUT2D eigenvalue weighted by molar-refractivity contribution is -0.123. The summed E-state index contributed by atoms with van der Waals surface area (Å²) in [6.45, 7) is 0. The number of benzene rings is 1. The number of hydrogen-bond donors (Lipinski definition) is 1. The first-order valence-corrected chi connectivity index (χ1v) is 7.62. The van der Waals surface area contributed by atoms with E-state index in [2.05, 4.69) is 24.3 Å². The van der Waals surface area contributed by atoms with E-state index in [1.165, 1.54) is 24.0 Å². The van der Waals surface area contributed by atoms with Crippen LogP contribution in [-0.4, -0.2) is 11.8 Å². The molecule has 1 aromatic rings. The molecule has 19 heavy (non-hydrogen) atoms. The Morgan fingerprint density at radius 2 is 2.00 bits per heavy atom. The van der Waals surface area contributed by atoms with Crippen LogP contribution in [0.1, 0.15) is 55.6 Å². The molecule has 3 rings (SSSR count). The summed E-state index contributed by atoms with van der Waals surface area (Å²) in [5.74, 6) is 0.978. The van der Waals surface area contributed by atoms with Crippen molar-refractivity contribution in [1.29, 1.82) is 0 Å². The number of ketones is 1. The second kappa shape index (κ2) is 5.46. The fourth-order valence-corrected chi connectivity index (χ4v) is 3.85. The number of Topliss-reactive ketones (excluding diaryl/α,β-unsaturated/α-hetero) is 1. The van der Waals surface area contributed by atoms with Crippen molar-refractivity contribution in [1.82, 2.24) is 0 Å². The van der Waals surface area contributed by atoms with E-state index in [1.54, 1.807) is 0 Å². The Hall–Kier alpha value is -1.15. The van der Waals surface area contributed by atoms with Crippen molar-refractivity contribution in [3.05, 3.63) is 35.4 Å². The summed E-state index contributed by atoms with van der Waals surface area (Å²) in [5.41, 5.74) is 8.92. The first kappa shape index (κ1) is 12.9. The average molecular weight is 257 g/mol. The molecule has 0 amide bonds. The van der Waals surface area contributed by atoms with Gasteiger partial charge in [0, 0.05) is 18.4 Å². The maximum absolute atomic E-state index is 12.5. The van der Waals surface area contributed by atoms with Crippen LogP contribution < -0.4 is 5.73 Å². The highest BCUT2D eigenvalue weighted by Crippen LogP contribution is 2.36. The van der Waals surface area contributed by atoms with Crippen LogP contribution in [0, 0.1) is 5.92 Å². The van der Waals surface area contributed by atoms with Crippen molar-refractivity contribution >= 4 is 5.78 Å². The minimum atomic E-state index is 0.117. The van der Waals surface area contributed by atoms with Crippen molar-refractivity contribution < 1.29 is 4.79 Å². The molecule has 0 bridgehead atoms. The molecule has 0 heterocycles. The number of rotatable bonds is 3. The molecule has 0 spiro atoms. The van der Waals surface area contributed by atoms with Crippen LogP contribution in [0.5, 0.6) is 0 Å². The summed E-state index contributed by atoms with van der Waals surface area (Å²) >= 11 is 0. The third-order valence-electron chi connectivity index (χ3n) is 4.92. The first-order chi connectivity index (χ1) is 9.25. The van der Waals surface area contributed by atoms with Gasteiger partial charge in [0.05, 0.1) is 0 Å². The molecule has 2 aliphatic carbocycles. The second-order valence-corrected chi connectivity index (χ2v) is 6.16. The molecule has 2 aliphatic rings. The monoisotopic (exact) mass is 257 g/mol. The summed E-state index contributed by atoms with van der Waals surface area (Å²) in [7, 11) is 0. The largest absolute Gasteiger partial charge is 0.327 e. The van der Waals surface area contributed by atoms with Crippen LogP contribution in [0.4, 0.5) is 0 Å². The highest BCUT2D eigenvalue weighted by atomic mass is 16.1. The molecular weight excluding hydrogens is 234 g/mol. The second-order valence-electron chi connectivity index (χ2n) is 6.16. The molecule has 1 aromatic carbocycles. The van der Waals surface area contributed by atoms with Crippen LogP contribution in [-0.2, 0) is 11.2 Å². The Morgan fingerprint density at radius 1 is 1.16 bits per heavy atom. The van der Waals surface area contributed by atoms with Crippen molar-refractivity contribution in [3.8, 4) is 0 Å². The van der Waals surface area contributed by atoms with Gasteiger partial charge in [0.1, 0.15) is 5.78 Å². The molecule has 0 saturated heterocycles. The molecular formula is C17H23NO. The topological polar surface area (TPSA) is 43.1 Å². The lowest BCUT2D eigenvalue weighted by Crippen LogP contribution is -2.31. The zero-order valence-electron chi connectivity index (χ0n) is 11.5. The molecule has 2 heteroatoms. The SMILES string of the molecule is NC1CCCC1C(=O)CC1CCCc2ccccc21. The lowest BCUT2D eigenvalue weighted by Gasteiger charge is -2.26. The highest BCUT2D eigenvalue weighted by Gasteiger charge is 2.32. The molecule has 2 N–H and O–H groups in total. The van der Waals surface area contributed by atoms with Gasteiger partial charge < -0.3 is 5.73 Å². The Morgan fingerprint density at radius 3 is 2.79 bits per heavy atom. The molecule has 0 radical (unpaired) electrons. The number of aryl methyl sites for hydroxylation is 1. The maximum atomic E-state index is 12.5. The zero-order chi connectivity index (χ0) is 13.2. The van der Waals surface area contributed by atoms with E-state index in [0.717, 1.165) is 25.7 Å². The van der Waals surface area contributed by atoms with Gasteiger partial charge in [-0.1, -0.05) is 30.7 Å². The third-order valence-corrected chi connectivity index (χ3v) is 4.92. The number of nitrogens with two attached hydrogens (primary N) is 1. The van der Waals surface area contributed by atoms with E-state index in [0.29, 0.717) is 18.1 Å². The normalized spacial score (nSPS) is 30.1. The van der Waals surface area contributed by atoms with Crippen molar-refractivity contribution in [2.75, 3.05) is 0 Å². The van der Waals surface area contributed by atoms with Gasteiger partial charge in [-0.3, -0.25) is 4.79 Å². The number of carbonyl (C=O) groups excluding carboxylic acids is 1. The molecule has 0 aliphatic heterocycles. The van der Waals surface area contributed by atoms with Crippen LogP contribution in [0.25, 0.3) is 0 Å². The molecule has 1 fully saturated rings. The summed E-state index contributed by atoms with van der Waals surface area (Å²) in [5, 5.41) is 0. The minimum Gasteiger partial charge on any atom is -0.327 e. The quantitative estimate of drug-likeness (QED) is 0.903. The van der Waals surface area contributed by atoms with E-state index < -0.39 is 0 Å². The summed E-state index contributed by atoms with van der Waals surface area (Å²) in [6, 6.07) is 8.75. The van der Waals surface area contributed by atoms with E-state index in [4.69, 9.17) is 5.73 Å². The fraction of sp³-hybridized carbons (Fsp3) is 0.588. The van der Waals surface area contributed by atoms with Gasteiger partial charge in [-0.05, 0) is 49.1 Å². The Kier molecular flexibility index (Phi) is 3.69. The fourth-order valence-electron chi connectivity index (χ4n) is 3.85. The van der Waals surface area contributed by atoms with E-state index >= 15 is 0 Å². The lowest BCUT2D eigenvalue weighted by atomic mass is 9.78. The smallest absolute Gasteiger partial charge is 0.138 e. The molecule has 102 valence electrons. The summed E-state index contributed by atoms with van der Waals surface area (Å²) in [6.07, 6.45) is 7.40. The Balaban J connectivity index is 1.72. The third kappa shape index (κ3) is 2.59.